The Morgan fingerprint density at radius 3 is 2.82 bits per heavy atom. The van der Waals surface area contributed by atoms with Crippen molar-refractivity contribution in [3.05, 3.63) is 20.8 Å². The second-order valence-corrected chi connectivity index (χ2v) is 10.6. The molecule has 0 aromatic carbocycles. The summed E-state index contributed by atoms with van der Waals surface area (Å²) in [6.45, 7) is 6.73. The topological polar surface area (TPSA) is 64.0 Å². The van der Waals surface area contributed by atoms with Gasteiger partial charge < -0.3 is 5.32 Å². The van der Waals surface area contributed by atoms with Crippen LogP contribution in [0.15, 0.2) is 9.95 Å². The molecule has 2 unspecified atom stereocenters. The van der Waals surface area contributed by atoms with Crippen molar-refractivity contribution in [3.8, 4) is 0 Å². The van der Waals surface area contributed by atoms with E-state index in [-0.39, 0.29) is 16.7 Å². The summed E-state index contributed by atoms with van der Waals surface area (Å²) in [5.41, 5.74) is 1.28. The Kier molecular flexibility index (Phi) is 5.83. The molecule has 1 amide bonds. The van der Waals surface area contributed by atoms with Gasteiger partial charge in [0.2, 0.25) is 5.91 Å². The number of hydrogen-bond donors (Lipinski definition) is 1. The van der Waals surface area contributed by atoms with Crippen molar-refractivity contribution >= 4 is 39.2 Å². The maximum absolute atomic E-state index is 13.2. The van der Waals surface area contributed by atoms with E-state index in [1.807, 2.05) is 13.8 Å². The molecule has 2 aliphatic carbocycles. The van der Waals surface area contributed by atoms with Gasteiger partial charge in [-0.3, -0.25) is 14.2 Å². The summed E-state index contributed by atoms with van der Waals surface area (Å²) in [5, 5.41) is 4.38. The average Bonchev–Trinajstić information content (AvgIpc) is 3.28. The number of nitrogens with one attached hydrogen (secondary N) is 1. The molecule has 0 saturated heterocycles. The molecule has 2 aromatic rings. The van der Waals surface area contributed by atoms with Crippen molar-refractivity contribution in [1.29, 1.82) is 0 Å². The molecule has 2 atom stereocenters. The molecule has 0 bridgehead atoms. The molecular weight excluding hydrogens is 390 g/mol. The third-order valence-corrected chi connectivity index (χ3v) is 8.29. The maximum Gasteiger partial charge on any atom is 0.263 e. The van der Waals surface area contributed by atoms with Gasteiger partial charge in [-0.2, -0.15) is 0 Å². The molecule has 1 fully saturated rings. The molecule has 152 valence electrons. The lowest BCUT2D eigenvalue weighted by Crippen LogP contribution is -2.38. The number of nitrogens with zero attached hydrogens (tertiary/aromatic N) is 2. The van der Waals surface area contributed by atoms with Gasteiger partial charge in [0.05, 0.1) is 10.6 Å². The number of rotatable bonds is 5. The van der Waals surface area contributed by atoms with E-state index in [1.165, 1.54) is 35.0 Å². The summed E-state index contributed by atoms with van der Waals surface area (Å²) in [5.74, 6) is 0.718. The van der Waals surface area contributed by atoms with Gasteiger partial charge in [-0.15, -0.1) is 11.3 Å². The highest BCUT2D eigenvalue weighted by Gasteiger charge is 2.26. The highest BCUT2D eigenvalue weighted by molar-refractivity contribution is 8.00. The van der Waals surface area contributed by atoms with Crippen LogP contribution in [0, 0.1) is 5.92 Å². The van der Waals surface area contributed by atoms with Crippen LogP contribution in [0.5, 0.6) is 0 Å². The molecular formula is C21H29N3O2S2. The van der Waals surface area contributed by atoms with Crippen molar-refractivity contribution < 1.29 is 4.79 Å². The predicted molar refractivity (Wildman–Crippen MR) is 116 cm³/mol. The van der Waals surface area contributed by atoms with Gasteiger partial charge >= 0.3 is 0 Å². The number of aryl methyl sites for hydroxylation is 1. The highest BCUT2D eigenvalue weighted by Crippen LogP contribution is 2.37. The number of carbonyl (C=O) groups excluding carboxylic acids is 1. The van der Waals surface area contributed by atoms with E-state index >= 15 is 0 Å². The second-order valence-electron chi connectivity index (χ2n) is 8.23. The van der Waals surface area contributed by atoms with E-state index in [1.54, 1.807) is 15.9 Å². The quantitative estimate of drug-likeness (QED) is 0.584. The van der Waals surface area contributed by atoms with Crippen LogP contribution >= 0.6 is 23.1 Å². The zero-order valence-corrected chi connectivity index (χ0v) is 18.5. The summed E-state index contributed by atoms with van der Waals surface area (Å²) in [4.78, 5) is 32.9. The first-order valence-corrected chi connectivity index (χ1v) is 12.2. The second kappa shape index (κ2) is 8.19. The fraction of sp³-hybridized carbons (Fsp3) is 0.667. The van der Waals surface area contributed by atoms with E-state index in [0.717, 1.165) is 42.3 Å². The SMILES string of the molecule is CCn1c(SC(C)C(=O)NC2CCCC2)nc2sc3c(c2c1=O)CCC(C)C3. The van der Waals surface area contributed by atoms with Gasteiger partial charge in [0.1, 0.15) is 4.83 Å². The Hall–Kier alpha value is -1.34. The normalized spacial score (nSPS) is 21.0. The predicted octanol–water partition coefficient (Wildman–Crippen LogP) is 4.14. The summed E-state index contributed by atoms with van der Waals surface area (Å²) in [6, 6.07) is 0.311. The molecule has 2 aliphatic rings. The van der Waals surface area contributed by atoms with Crippen molar-refractivity contribution in [3.63, 3.8) is 0 Å². The number of carbonyl (C=O) groups is 1. The Morgan fingerprint density at radius 2 is 2.11 bits per heavy atom. The lowest BCUT2D eigenvalue weighted by Gasteiger charge is -2.18. The smallest absolute Gasteiger partial charge is 0.263 e. The van der Waals surface area contributed by atoms with Gasteiger partial charge in [0.25, 0.3) is 5.56 Å². The molecule has 2 aromatic heterocycles. The Bertz CT molecular complexity index is 943. The minimum atomic E-state index is -0.266. The minimum Gasteiger partial charge on any atom is -0.352 e. The number of aromatic nitrogens is 2. The van der Waals surface area contributed by atoms with Gasteiger partial charge in [-0.25, -0.2) is 4.98 Å². The molecule has 7 heteroatoms. The van der Waals surface area contributed by atoms with Gasteiger partial charge in [-0.05, 0) is 57.4 Å². The monoisotopic (exact) mass is 419 g/mol. The van der Waals surface area contributed by atoms with E-state index in [2.05, 4.69) is 12.2 Å². The van der Waals surface area contributed by atoms with Gasteiger partial charge in [0.15, 0.2) is 5.16 Å². The van der Waals surface area contributed by atoms with Crippen LogP contribution in [0.2, 0.25) is 0 Å². The summed E-state index contributed by atoms with van der Waals surface area (Å²) in [6.07, 6.45) is 7.70. The first-order chi connectivity index (χ1) is 13.5. The summed E-state index contributed by atoms with van der Waals surface area (Å²) >= 11 is 3.08. The van der Waals surface area contributed by atoms with Crippen LogP contribution < -0.4 is 10.9 Å². The lowest BCUT2D eigenvalue weighted by molar-refractivity contribution is -0.120. The molecule has 2 heterocycles. The standard InChI is InChI=1S/C21H29N3O2S2/c1-4-24-20(26)17-15-10-9-12(2)11-16(15)28-19(17)23-21(24)27-13(3)18(25)22-14-7-5-6-8-14/h12-14H,4-11H2,1-3H3,(H,22,25). The van der Waals surface area contributed by atoms with Crippen LogP contribution in [0.1, 0.15) is 63.3 Å². The first-order valence-electron chi connectivity index (χ1n) is 10.5. The third kappa shape index (κ3) is 3.75. The van der Waals surface area contributed by atoms with Crippen molar-refractivity contribution in [2.75, 3.05) is 0 Å². The van der Waals surface area contributed by atoms with Crippen LogP contribution in [-0.2, 0) is 24.2 Å². The molecule has 4 rings (SSSR count). The van der Waals surface area contributed by atoms with Crippen molar-refractivity contribution in [1.82, 2.24) is 14.9 Å². The molecule has 1 N–H and O–H groups in total. The molecule has 1 saturated carbocycles. The molecule has 0 aliphatic heterocycles. The Morgan fingerprint density at radius 1 is 1.36 bits per heavy atom. The fourth-order valence-corrected chi connectivity index (χ4v) is 6.78. The summed E-state index contributed by atoms with van der Waals surface area (Å²) < 4.78 is 1.75. The Labute approximate surface area is 174 Å². The molecule has 5 nitrogen and oxygen atoms in total. The number of thiophene rings is 1. The summed E-state index contributed by atoms with van der Waals surface area (Å²) in [7, 11) is 0. The lowest BCUT2D eigenvalue weighted by atomic mass is 9.89. The van der Waals surface area contributed by atoms with Crippen molar-refractivity contribution in [2.24, 2.45) is 5.92 Å². The zero-order valence-electron chi connectivity index (χ0n) is 16.9. The largest absolute Gasteiger partial charge is 0.352 e. The van der Waals surface area contributed by atoms with E-state index in [0.29, 0.717) is 23.7 Å². The number of amides is 1. The van der Waals surface area contributed by atoms with Crippen LogP contribution in [0.3, 0.4) is 0 Å². The van der Waals surface area contributed by atoms with Crippen molar-refractivity contribution in [2.45, 2.75) is 88.7 Å². The maximum atomic E-state index is 13.2. The molecule has 0 spiro atoms. The Balaban J connectivity index is 1.63. The zero-order chi connectivity index (χ0) is 19.8. The van der Waals surface area contributed by atoms with Gasteiger partial charge in [-0.1, -0.05) is 31.5 Å². The number of hydrogen-bond acceptors (Lipinski definition) is 5. The first kappa shape index (κ1) is 20.0. The number of fused-ring (bicyclic) bond motifs is 3. The average molecular weight is 420 g/mol. The van der Waals surface area contributed by atoms with E-state index < -0.39 is 0 Å². The van der Waals surface area contributed by atoms with Crippen LogP contribution in [0.4, 0.5) is 0 Å². The van der Waals surface area contributed by atoms with Crippen LogP contribution in [0.25, 0.3) is 10.2 Å². The van der Waals surface area contributed by atoms with Gasteiger partial charge in [0, 0.05) is 17.5 Å². The van der Waals surface area contributed by atoms with Crippen LogP contribution in [-0.4, -0.2) is 26.8 Å². The van der Waals surface area contributed by atoms with E-state index in [9.17, 15) is 9.59 Å². The minimum absolute atomic E-state index is 0.0493. The fourth-order valence-electron chi connectivity index (χ4n) is 4.37. The highest BCUT2D eigenvalue weighted by atomic mass is 32.2. The van der Waals surface area contributed by atoms with E-state index in [4.69, 9.17) is 4.98 Å². The molecule has 0 radical (unpaired) electrons. The number of thioether (sulfide) groups is 1. The third-order valence-electron chi connectivity index (χ3n) is 6.05. The molecule has 28 heavy (non-hydrogen) atoms.